The number of rotatable bonds is 15. The Morgan fingerprint density at radius 2 is 1.41 bits per heavy atom. The lowest BCUT2D eigenvalue weighted by Crippen LogP contribution is -2.57. The number of unbranched alkanes of at least 4 members (excludes halogenated alkanes) is 1. The van der Waals surface area contributed by atoms with E-state index < -0.39 is 47.9 Å². The van der Waals surface area contributed by atoms with Crippen molar-refractivity contribution in [1.29, 1.82) is 0 Å². The number of nitrogens with one attached hydrogen (secondary N) is 3. The Morgan fingerprint density at radius 1 is 0.853 bits per heavy atom. The van der Waals surface area contributed by atoms with E-state index in [1.54, 1.807) is 0 Å². The minimum absolute atomic E-state index is 0.0453. The van der Waals surface area contributed by atoms with Gasteiger partial charge in [0, 0.05) is 6.42 Å². The summed E-state index contributed by atoms with van der Waals surface area (Å²) in [5, 5.41) is 17.4. The molecule has 0 saturated heterocycles. The third-order valence-electron chi connectivity index (χ3n) is 5.23. The van der Waals surface area contributed by atoms with Crippen LogP contribution in [0.5, 0.6) is 0 Å². The van der Waals surface area contributed by atoms with Gasteiger partial charge in [-0.25, -0.2) is 4.79 Å². The largest absolute Gasteiger partial charge is 0.480 e. The molecule has 0 aromatic heterocycles. The lowest BCUT2D eigenvalue weighted by Gasteiger charge is -2.25. The molecular formula is C24H39N5O5. The molecule has 34 heavy (non-hydrogen) atoms. The van der Waals surface area contributed by atoms with E-state index in [1.165, 1.54) is 6.92 Å². The molecule has 1 aromatic carbocycles. The monoisotopic (exact) mass is 477 g/mol. The second-order valence-electron chi connectivity index (χ2n) is 8.91. The van der Waals surface area contributed by atoms with Crippen molar-refractivity contribution < 1.29 is 24.3 Å². The number of hydrogen-bond acceptors (Lipinski definition) is 6. The number of carbonyl (C=O) groups is 4. The highest BCUT2D eigenvalue weighted by Gasteiger charge is 2.30. The normalized spacial score (nSPS) is 14.5. The fourth-order valence-electron chi connectivity index (χ4n) is 3.36. The molecule has 190 valence electrons. The standard InChI is InChI=1S/C24H39N5O5/c1-15(2)13-20(24(33)34)29-23(32)19(14-17-9-5-4-6-10-17)28-22(31)18(11-7-8-12-25)27-21(30)16(3)26/h4-6,9-10,15-16,18-20H,7-8,11-14,25-26H2,1-3H3,(H,27,30)(H,28,31)(H,29,32)(H,33,34). The van der Waals surface area contributed by atoms with Gasteiger partial charge in [-0.05, 0) is 50.6 Å². The summed E-state index contributed by atoms with van der Waals surface area (Å²) < 4.78 is 0. The zero-order valence-corrected chi connectivity index (χ0v) is 20.3. The summed E-state index contributed by atoms with van der Waals surface area (Å²) in [5.41, 5.74) is 12.0. The Hall–Kier alpha value is -2.98. The van der Waals surface area contributed by atoms with Crippen LogP contribution in [-0.4, -0.2) is 59.5 Å². The van der Waals surface area contributed by atoms with E-state index in [0.717, 1.165) is 5.56 Å². The quantitative estimate of drug-likeness (QED) is 0.197. The van der Waals surface area contributed by atoms with Crippen LogP contribution in [0.15, 0.2) is 30.3 Å². The number of carboxylic acids is 1. The van der Waals surface area contributed by atoms with Crippen LogP contribution in [0.3, 0.4) is 0 Å². The number of carbonyl (C=O) groups excluding carboxylic acids is 3. The number of amides is 3. The predicted molar refractivity (Wildman–Crippen MR) is 130 cm³/mol. The Morgan fingerprint density at radius 3 is 1.94 bits per heavy atom. The van der Waals surface area contributed by atoms with Gasteiger partial charge in [-0.2, -0.15) is 0 Å². The zero-order valence-electron chi connectivity index (χ0n) is 20.3. The molecule has 0 aliphatic carbocycles. The van der Waals surface area contributed by atoms with Gasteiger partial charge >= 0.3 is 5.97 Å². The summed E-state index contributed by atoms with van der Waals surface area (Å²) in [5.74, 6) is -2.73. The van der Waals surface area contributed by atoms with E-state index in [-0.39, 0.29) is 18.8 Å². The van der Waals surface area contributed by atoms with Crippen molar-refractivity contribution in [2.24, 2.45) is 17.4 Å². The first kappa shape index (κ1) is 29.1. The summed E-state index contributed by atoms with van der Waals surface area (Å²) in [6.07, 6.45) is 1.99. The van der Waals surface area contributed by atoms with Crippen LogP contribution in [-0.2, 0) is 25.6 Å². The van der Waals surface area contributed by atoms with E-state index >= 15 is 0 Å². The van der Waals surface area contributed by atoms with Crippen molar-refractivity contribution in [3.05, 3.63) is 35.9 Å². The summed E-state index contributed by atoms with van der Waals surface area (Å²) in [4.78, 5) is 50.0. The van der Waals surface area contributed by atoms with Gasteiger partial charge in [-0.1, -0.05) is 44.2 Å². The van der Waals surface area contributed by atoms with Crippen molar-refractivity contribution in [3.63, 3.8) is 0 Å². The molecule has 1 rings (SSSR count). The third-order valence-corrected chi connectivity index (χ3v) is 5.23. The van der Waals surface area contributed by atoms with Gasteiger partial charge in [0.2, 0.25) is 17.7 Å². The highest BCUT2D eigenvalue weighted by Crippen LogP contribution is 2.09. The SMILES string of the molecule is CC(C)CC(NC(=O)C(Cc1ccccc1)NC(=O)C(CCCCN)NC(=O)C(C)N)C(=O)O. The molecule has 4 unspecified atom stereocenters. The first-order chi connectivity index (χ1) is 16.0. The zero-order chi connectivity index (χ0) is 25.7. The smallest absolute Gasteiger partial charge is 0.326 e. The van der Waals surface area contributed by atoms with Crippen molar-refractivity contribution in [2.45, 2.75) is 77.0 Å². The first-order valence-electron chi connectivity index (χ1n) is 11.7. The number of nitrogens with two attached hydrogens (primary N) is 2. The van der Waals surface area contributed by atoms with E-state index in [2.05, 4.69) is 16.0 Å². The molecular weight excluding hydrogens is 438 g/mol. The number of aliphatic carboxylic acids is 1. The van der Waals surface area contributed by atoms with Crippen LogP contribution in [0.25, 0.3) is 0 Å². The fraction of sp³-hybridized carbons (Fsp3) is 0.583. The second-order valence-corrected chi connectivity index (χ2v) is 8.91. The van der Waals surface area contributed by atoms with Crippen LogP contribution >= 0.6 is 0 Å². The van der Waals surface area contributed by atoms with Crippen LogP contribution in [0, 0.1) is 5.92 Å². The van der Waals surface area contributed by atoms with Crippen LogP contribution in [0.4, 0.5) is 0 Å². The van der Waals surface area contributed by atoms with Crippen molar-refractivity contribution >= 4 is 23.7 Å². The lowest BCUT2D eigenvalue weighted by atomic mass is 10.0. The fourth-order valence-corrected chi connectivity index (χ4v) is 3.36. The number of benzene rings is 1. The highest BCUT2D eigenvalue weighted by atomic mass is 16.4. The molecule has 0 fully saturated rings. The summed E-state index contributed by atoms with van der Waals surface area (Å²) in [6.45, 7) is 5.68. The Bertz CT molecular complexity index is 800. The minimum atomic E-state index is -1.14. The molecule has 8 N–H and O–H groups in total. The minimum Gasteiger partial charge on any atom is -0.480 e. The lowest BCUT2D eigenvalue weighted by molar-refractivity contribution is -0.142. The van der Waals surface area contributed by atoms with Crippen molar-refractivity contribution in [1.82, 2.24) is 16.0 Å². The van der Waals surface area contributed by atoms with Crippen LogP contribution < -0.4 is 27.4 Å². The second kappa shape index (κ2) is 15.0. The maximum absolute atomic E-state index is 13.1. The van der Waals surface area contributed by atoms with Crippen LogP contribution in [0.1, 0.15) is 52.0 Å². The molecule has 0 aliphatic heterocycles. The van der Waals surface area contributed by atoms with Gasteiger partial charge in [0.25, 0.3) is 0 Å². The van der Waals surface area contributed by atoms with Crippen LogP contribution in [0.2, 0.25) is 0 Å². The van der Waals surface area contributed by atoms with Gasteiger partial charge < -0.3 is 32.5 Å². The van der Waals surface area contributed by atoms with Crippen molar-refractivity contribution in [3.8, 4) is 0 Å². The van der Waals surface area contributed by atoms with E-state index in [9.17, 15) is 24.3 Å². The van der Waals surface area contributed by atoms with E-state index in [4.69, 9.17) is 11.5 Å². The number of carboxylic acid groups (broad SMARTS) is 1. The Balaban J connectivity index is 3.08. The maximum atomic E-state index is 13.1. The van der Waals surface area contributed by atoms with Gasteiger partial charge in [-0.15, -0.1) is 0 Å². The molecule has 10 heteroatoms. The van der Waals surface area contributed by atoms with Gasteiger partial charge in [0.15, 0.2) is 0 Å². The Kier molecular flexibility index (Phi) is 12.8. The van der Waals surface area contributed by atoms with E-state index in [0.29, 0.717) is 25.8 Å². The molecule has 10 nitrogen and oxygen atoms in total. The van der Waals surface area contributed by atoms with Gasteiger partial charge in [-0.3, -0.25) is 14.4 Å². The number of hydrogen-bond donors (Lipinski definition) is 6. The topological polar surface area (TPSA) is 177 Å². The average Bonchev–Trinajstić information content (AvgIpc) is 2.77. The average molecular weight is 478 g/mol. The Labute approximate surface area is 201 Å². The predicted octanol–water partition coefficient (Wildman–Crippen LogP) is 0.290. The molecule has 3 amide bonds. The third kappa shape index (κ3) is 10.8. The molecule has 0 spiro atoms. The molecule has 0 bridgehead atoms. The first-order valence-corrected chi connectivity index (χ1v) is 11.7. The molecule has 0 saturated carbocycles. The molecule has 1 aromatic rings. The summed E-state index contributed by atoms with van der Waals surface area (Å²) >= 11 is 0. The molecule has 0 aliphatic rings. The summed E-state index contributed by atoms with van der Waals surface area (Å²) in [7, 11) is 0. The molecule has 4 atom stereocenters. The van der Waals surface area contributed by atoms with Crippen molar-refractivity contribution in [2.75, 3.05) is 6.54 Å². The highest BCUT2D eigenvalue weighted by molar-refractivity contribution is 5.94. The molecule has 0 heterocycles. The van der Waals surface area contributed by atoms with Gasteiger partial charge in [0.05, 0.1) is 6.04 Å². The van der Waals surface area contributed by atoms with E-state index in [1.807, 2.05) is 44.2 Å². The van der Waals surface area contributed by atoms with Gasteiger partial charge in [0.1, 0.15) is 18.1 Å². The molecule has 0 radical (unpaired) electrons. The maximum Gasteiger partial charge on any atom is 0.326 e. The summed E-state index contributed by atoms with van der Waals surface area (Å²) in [6, 6.07) is 5.25.